The van der Waals surface area contributed by atoms with Crippen LogP contribution < -0.4 is 10.1 Å². The van der Waals surface area contributed by atoms with Crippen molar-refractivity contribution < 1.29 is 18.3 Å². The molecule has 4 rings (SSSR count). The van der Waals surface area contributed by atoms with Crippen LogP contribution in [0.15, 0.2) is 40.8 Å². The Kier molecular flexibility index (Phi) is 4.93. The first-order chi connectivity index (χ1) is 12.7. The van der Waals surface area contributed by atoms with Crippen molar-refractivity contribution in [2.75, 3.05) is 13.1 Å². The van der Waals surface area contributed by atoms with E-state index < -0.39 is 0 Å². The number of halogens is 1. The monoisotopic (exact) mass is 358 g/mol. The molecule has 1 saturated carbocycles. The molecule has 138 valence electrons. The number of hydrogen-bond acceptors (Lipinski definition) is 4. The summed E-state index contributed by atoms with van der Waals surface area (Å²) in [5.41, 5.74) is 0. The molecule has 1 saturated heterocycles. The van der Waals surface area contributed by atoms with E-state index in [0.29, 0.717) is 17.3 Å². The molecular weight excluding hydrogens is 335 g/mol. The van der Waals surface area contributed by atoms with Crippen LogP contribution in [0.5, 0.6) is 5.75 Å². The molecule has 2 heterocycles. The Balaban J connectivity index is 1.25. The van der Waals surface area contributed by atoms with Crippen LogP contribution in [0.4, 0.5) is 4.39 Å². The minimum absolute atomic E-state index is 0.178. The van der Waals surface area contributed by atoms with E-state index in [1.54, 1.807) is 24.3 Å². The predicted molar refractivity (Wildman–Crippen MR) is 94.5 cm³/mol. The van der Waals surface area contributed by atoms with E-state index >= 15 is 0 Å². The van der Waals surface area contributed by atoms with Gasteiger partial charge in [0.2, 0.25) is 0 Å². The van der Waals surface area contributed by atoms with Crippen molar-refractivity contribution in [3.63, 3.8) is 0 Å². The standard InChI is InChI=1S/C20H23FN2O3/c21-14-1-5-17(6-2-14)25-13-18-7-8-19(26-18)20(24)22-15-9-11-23(12-10-15)16-3-4-16/h1-2,5-8,15-16H,3-4,9-13H2,(H,22,24). The molecule has 0 radical (unpaired) electrons. The topological polar surface area (TPSA) is 54.7 Å². The Hall–Kier alpha value is -2.34. The van der Waals surface area contributed by atoms with Gasteiger partial charge in [-0.2, -0.15) is 0 Å². The third-order valence-electron chi connectivity index (χ3n) is 5.01. The molecule has 1 aromatic heterocycles. The molecule has 1 aliphatic heterocycles. The zero-order chi connectivity index (χ0) is 17.9. The highest BCUT2D eigenvalue weighted by molar-refractivity contribution is 5.91. The van der Waals surface area contributed by atoms with Crippen molar-refractivity contribution in [1.82, 2.24) is 10.2 Å². The van der Waals surface area contributed by atoms with Crippen molar-refractivity contribution >= 4 is 5.91 Å². The van der Waals surface area contributed by atoms with Crippen molar-refractivity contribution in [1.29, 1.82) is 0 Å². The lowest BCUT2D eigenvalue weighted by atomic mass is 10.0. The number of carbonyl (C=O) groups excluding carboxylic acids is 1. The molecule has 1 aromatic carbocycles. The molecule has 0 atom stereocenters. The second kappa shape index (κ2) is 7.50. The van der Waals surface area contributed by atoms with Crippen LogP contribution in [0.3, 0.4) is 0 Å². The summed E-state index contributed by atoms with van der Waals surface area (Å²) in [5.74, 6) is 0.923. The molecule has 5 nitrogen and oxygen atoms in total. The molecule has 1 amide bonds. The number of benzene rings is 1. The number of piperidine rings is 1. The van der Waals surface area contributed by atoms with Gasteiger partial charge in [-0.1, -0.05) is 0 Å². The highest BCUT2D eigenvalue weighted by Crippen LogP contribution is 2.29. The lowest BCUT2D eigenvalue weighted by molar-refractivity contribution is 0.0877. The number of ether oxygens (including phenoxy) is 1. The summed E-state index contributed by atoms with van der Waals surface area (Å²) in [6.07, 6.45) is 4.63. The van der Waals surface area contributed by atoms with Crippen molar-refractivity contribution in [2.45, 2.75) is 44.4 Å². The fourth-order valence-corrected chi connectivity index (χ4v) is 3.37. The maximum absolute atomic E-state index is 12.9. The number of carbonyl (C=O) groups is 1. The normalized spacial score (nSPS) is 18.7. The Labute approximate surface area is 152 Å². The summed E-state index contributed by atoms with van der Waals surface area (Å²) in [6, 6.07) is 10.2. The molecule has 1 aliphatic carbocycles. The molecule has 2 aliphatic rings. The van der Waals surface area contributed by atoms with Crippen LogP contribution >= 0.6 is 0 Å². The lowest BCUT2D eigenvalue weighted by Crippen LogP contribution is -2.45. The van der Waals surface area contributed by atoms with Gasteiger partial charge in [0, 0.05) is 25.2 Å². The second-order valence-corrected chi connectivity index (χ2v) is 7.02. The van der Waals surface area contributed by atoms with Gasteiger partial charge in [0.15, 0.2) is 5.76 Å². The average Bonchev–Trinajstić information content (AvgIpc) is 3.39. The number of nitrogens with one attached hydrogen (secondary N) is 1. The maximum Gasteiger partial charge on any atom is 0.287 e. The second-order valence-electron chi connectivity index (χ2n) is 7.02. The number of amides is 1. The smallest absolute Gasteiger partial charge is 0.287 e. The largest absolute Gasteiger partial charge is 0.486 e. The van der Waals surface area contributed by atoms with Crippen LogP contribution in [0.25, 0.3) is 0 Å². The first kappa shape index (κ1) is 17.1. The molecular formula is C20H23FN2O3. The highest BCUT2D eigenvalue weighted by Gasteiger charge is 2.32. The third kappa shape index (κ3) is 4.25. The van der Waals surface area contributed by atoms with E-state index in [2.05, 4.69) is 10.2 Å². The fourth-order valence-electron chi connectivity index (χ4n) is 3.37. The van der Waals surface area contributed by atoms with Gasteiger partial charge in [-0.25, -0.2) is 4.39 Å². The summed E-state index contributed by atoms with van der Waals surface area (Å²) in [5, 5.41) is 3.07. The van der Waals surface area contributed by atoms with Gasteiger partial charge in [0.1, 0.15) is 23.9 Å². The Morgan fingerprint density at radius 3 is 2.54 bits per heavy atom. The third-order valence-corrected chi connectivity index (χ3v) is 5.01. The SMILES string of the molecule is O=C(NC1CCN(C2CC2)CC1)c1ccc(COc2ccc(F)cc2)o1. The van der Waals surface area contributed by atoms with Crippen LogP contribution in [0.1, 0.15) is 42.0 Å². The number of rotatable bonds is 6. The average molecular weight is 358 g/mol. The van der Waals surface area contributed by atoms with Crippen LogP contribution in [-0.4, -0.2) is 36.0 Å². The van der Waals surface area contributed by atoms with Gasteiger partial charge < -0.3 is 19.4 Å². The first-order valence-corrected chi connectivity index (χ1v) is 9.19. The Morgan fingerprint density at radius 2 is 1.85 bits per heavy atom. The number of furan rings is 1. The van der Waals surface area contributed by atoms with Crippen LogP contribution in [0, 0.1) is 5.82 Å². The van der Waals surface area contributed by atoms with Crippen molar-refractivity contribution in [2.24, 2.45) is 0 Å². The molecule has 2 aromatic rings. The number of hydrogen-bond donors (Lipinski definition) is 1. The maximum atomic E-state index is 12.9. The van der Waals surface area contributed by atoms with Crippen molar-refractivity contribution in [3.05, 3.63) is 53.7 Å². The van der Waals surface area contributed by atoms with Crippen molar-refractivity contribution in [3.8, 4) is 5.75 Å². The van der Waals surface area contributed by atoms with E-state index in [9.17, 15) is 9.18 Å². The molecule has 26 heavy (non-hydrogen) atoms. The molecule has 0 spiro atoms. The summed E-state index contributed by atoms with van der Waals surface area (Å²) < 4.78 is 24.0. The summed E-state index contributed by atoms with van der Waals surface area (Å²) in [6.45, 7) is 2.31. The van der Waals surface area contributed by atoms with Gasteiger partial charge in [0.05, 0.1) is 0 Å². The molecule has 0 bridgehead atoms. The summed E-state index contributed by atoms with van der Waals surface area (Å²) in [7, 11) is 0. The zero-order valence-electron chi connectivity index (χ0n) is 14.6. The minimum atomic E-state index is -0.308. The van der Waals surface area contributed by atoms with Gasteiger partial charge in [-0.05, 0) is 62.1 Å². The van der Waals surface area contributed by atoms with Gasteiger partial charge in [-0.3, -0.25) is 4.79 Å². The predicted octanol–water partition coefficient (Wildman–Crippen LogP) is 3.35. The van der Waals surface area contributed by atoms with Crippen LogP contribution in [0.2, 0.25) is 0 Å². The van der Waals surface area contributed by atoms with Gasteiger partial charge in [0.25, 0.3) is 5.91 Å². The minimum Gasteiger partial charge on any atom is -0.486 e. The van der Waals surface area contributed by atoms with Gasteiger partial charge in [-0.15, -0.1) is 0 Å². The Morgan fingerprint density at radius 1 is 1.12 bits per heavy atom. The molecule has 0 unspecified atom stereocenters. The lowest BCUT2D eigenvalue weighted by Gasteiger charge is -2.32. The van der Waals surface area contributed by atoms with E-state index in [1.807, 2.05) is 0 Å². The van der Waals surface area contributed by atoms with E-state index in [1.165, 1.54) is 25.0 Å². The molecule has 6 heteroatoms. The van der Waals surface area contributed by atoms with E-state index in [0.717, 1.165) is 32.0 Å². The quantitative estimate of drug-likeness (QED) is 0.860. The Bertz CT molecular complexity index is 747. The van der Waals surface area contributed by atoms with Crippen LogP contribution in [-0.2, 0) is 6.61 Å². The summed E-state index contributed by atoms with van der Waals surface area (Å²) >= 11 is 0. The zero-order valence-corrected chi connectivity index (χ0v) is 14.6. The van der Waals surface area contributed by atoms with E-state index in [4.69, 9.17) is 9.15 Å². The van der Waals surface area contributed by atoms with E-state index in [-0.39, 0.29) is 24.4 Å². The first-order valence-electron chi connectivity index (χ1n) is 9.19. The molecule has 1 N–H and O–H groups in total. The number of nitrogens with zero attached hydrogens (tertiary/aromatic N) is 1. The summed E-state index contributed by atoms with van der Waals surface area (Å²) in [4.78, 5) is 14.9. The molecule has 2 fully saturated rings. The highest BCUT2D eigenvalue weighted by atomic mass is 19.1. The fraction of sp³-hybridized carbons (Fsp3) is 0.450. The number of likely N-dealkylation sites (tertiary alicyclic amines) is 1. The van der Waals surface area contributed by atoms with Gasteiger partial charge >= 0.3 is 0 Å².